The van der Waals surface area contributed by atoms with Crippen LogP contribution in [-0.2, 0) is 11.3 Å². The fourth-order valence-corrected chi connectivity index (χ4v) is 1.56. The Hall–Kier alpha value is -1.26. The number of aromatic hydroxyl groups is 1. The second kappa shape index (κ2) is 7.14. The summed E-state index contributed by atoms with van der Waals surface area (Å²) >= 11 is 0. The van der Waals surface area contributed by atoms with Crippen molar-refractivity contribution in [2.24, 2.45) is 0 Å². The van der Waals surface area contributed by atoms with Crippen molar-refractivity contribution in [1.82, 2.24) is 5.32 Å². The van der Waals surface area contributed by atoms with Gasteiger partial charge >= 0.3 is 0 Å². The number of phenolic OH excluding ortho intramolecular Hbond substituents is 1. The van der Waals surface area contributed by atoms with Crippen molar-refractivity contribution >= 4 is 0 Å². The van der Waals surface area contributed by atoms with Gasteiger partial charge in [-0.15, -0.1) is 0 Å². The normalized spacial score (nSPS) is 12.4. The molecule has 0 aliphatic rings. The summed E-state index contributed by atoms with van der Waals surface area (Å²) in [5, 5.41) is 13.2. The van der Waals surface area contributed by atoms with Gasteiger partial charge in [0.2, 0.25) is 0 Å². The van der Waals surface area contributed by atoms with Crippen molar-refractivity contribution in [2.75, 3.05) is 20.8 Å². The van der Waals surface area contributed by atoms with Gasteiger partial charge in [0.25, 0.3) is 0 Å². The average Bonchev–Trinajstić information content (AvgIpc) is 2.35. The minimum absolute atomic E-state index is 0.210. The lowest BCUT2D eigenvalue weighted by Gasteiger charge is -2.14. The largest absolute Gasteiger partial charge is 0.504 e. The zero-order valence-corrected chi connectivity index (χ0v) is 10.7. The lowest BCUT2D eigenvalue weighted by Crippen LogP contribution is -2.26. The Balaban J connectivity index is 2.51. The fourth-order valence-electron chi connectivity index (χ4n) is 1.56. The van der Waals surface area contributed by atoms with Crippen LogP contribution in [0.25, 0.3) is 0 Å². The van der Waals surface area contributed by atoms with Gasteiger partial charge < -0.3 is 19.9 Å². The molecule has 0 bridgehead atoms. The minimum Gasteiger partial charge on any atom is -0.504 e. The Kier molecular flexibility index (Phi) is 5.80. The quantitative estimate of drug-likeness (QED) is 0.763. The predicted octanol–water partition coefficient (Wildman–Crippen LogP) is 1.92. The van der Waals surface area contributed by atoms with E-state index >= 15 is 0 Å². The Morgan fingerprint density at radius 1 is 1.35 bits per heavy atom. The van der Waals surface area contributed by atoms with Crippen LogP contribution in [0.2, 0.25) is 0 Å². The molecule has 1 aromatic rings. The van der Waals surface area contributed by atoms with Crippen molar-refractivity contribution < 1.29 is 14.6 Å². The highest BCUT2D eigenvalue weighted by atomic mass is 16.5. The standard InChI is InChI=1S/C13H21NO3/c1-10(7-8-16-2)14-9-11-5-4-6-12(17-3)13(11)15/h4-6,10,14-15H,7-9H2,1-3H3. The Morgan fingerprint density at radius 2 is 2.12 bits per heavy atom. The first kappa shape index (κ1) is 13.8. The molecule has 0 aromatic heterocycles. The van der Waals surface area contributed by atoms with Crippen LogP contribution in [0.1, 0.15) is 18.9 Å². The monoisotopic (exact) mass is 239 g/mol. The van der Waals surface area contributed by atoms with Gasteiger partial charge in [-0.3, -0.25) is 0 Å². The molecule has 1 aromatic carbocycles. The fraction of sp³-hybridized carbons (Fsp3) is 0.538. The summed E-state index contributed by atoms with van der Waals surface area (Å²) in [5.41, 5.74) is 0.841. The van der Waals surface area contributed by atoms with Gasteiger partial charge in [-0.2, -0.15) is 0 Å². The molecule has 1 unspecified atom stereocenters. The first-order chi connectivity index (χ1) is 8.19. The molecule has 4 nitrogen and oxygen atoms in total. The van der Waals surface area contributed by atoms with Gasteiger partial charge in [-0.1, -0.05) is 12.1 Å². The molecule has 0 aliphatic heterocycles. The zero-order chi connectivity index (χ0) is 12.7. The van der Waals surface area contributed by atoms with E-state index in [1.54, 1.807) is 20.3 Å². The minimum atomic E-state index is 0.210. The summed E-state index contributed by atoms with van der Waals surface area (Å²) in [5.74, 6) is 0.718. The Morgan fingerprint density at radius 3 is 2.76 bits per heavy atom. The van der Waals surface area contributed by atoms with Gasteiger partial charge in [-0.25, -0.2) is 0 Å². The second-order valence-electron chi connectivity index (χ2n) is 4.03. The molecule has 0 saturated carbocycles. The molecule has 96 valence electrons. The lowest BCUT2D eigenvalue weighted by molar-refractivity contribution is 0.184. The lowest BCUT2D eigenvalue weighted by atomic mass is 10.1. The van der Waals surface area contributed by atoms with E-state index in [1.165, 1.54) is 0 Å². The number of hydrogen-bond acceptors (Lipinski definition) is 4. The van der Waals surface area contributed by atoms with E-state index in [9.17, 15) is 5.11 Å². The Labute approximate surface area is 103 Å². The van der Waals surface area contributed by atoms with Crippen LogP contribution in [0.3, 0.4) is 0 Å². The molecule has 0 saturated heterocycles. The number of rotatable bonds is 7. The summed E-state index contributed by atoms with van der Waals surface area (Å²) < 4.78 is 10.1. The summed E-state index contributed by atoms with van der Waals surface area (Å²) in [6.45, 7) is 3.45. The maximum Gasteiger partial charge on any atom is 0.162 e. The molecular weight excluding hydrogens is 218 g/mol. The third-order valence-electron chi connectivity index (χ3n) is 2.70. The molecule has 0 fully saturated rings. The average molecular weight is 239 g/mol. The predicted molar refractivity (Wildman–Crippen MR) is 67.5 cm³/mol. The maximum absolute atomic E-state index is 9.89. The van der Waals surface area contributed by atoms with Crippen LogP contribution in [-0.4, -0.2) is 32.0 Å². The molecule has 1 atom stereocenters. The molecular formula is C13H21NO3. The highest BCUT2D eigenvalue weighted by Gasteiger charge is 2.08. The Bertz CT molecular complexity index is 341. The topological polar surface area (TPSA) is 50.7 Å². The number of para-hydroxylation sites is 1. The van der Waals surface area contributed by atoms with Crippen LogP contribution in [0.5, 0.6) is 11.5 Å². The van der Waals surface area contributed by atoms with Crippen LogP contribution in [0.4, 0.5) is 0 Å². The molecule has 0 spiro atoms. The van der Waals surface area contributed by atoms with E-state index in [2.05, 4.69) is 12.2 Å². The third-order valence-corrected chi connectivity index (χ3v) is 2.70. The van der Waals surface area contributed by atoms with E-state index in [0.717, 1.165) is 18.6 Å². The molecule has 0 amide bonds. The van der Waals surface area contributed by atoms with Gasteiger partial charge in [-0.05, 0) is 19.4 Å². The first-order valence-corrected chi connectivity index (χ1v) is 5.76. The smallest absolute Gasteiger partial charge is 0.162 e. The van der Waals surface area contributed by atoms with Gasteiger partial charge in [0.15, 0.2) is 11.5 Å². The van der Waals surface area contributed by atoms with E-state index in [0.29, 0.717) is 18.3 Å². The van der Waals surface area contributed by atoms with E-state index < -0.39 is 0 Å². The highest BCUT2D eigenvalue weighted by Crippen LogP contribution is 2.29. The van der Waals surface area contributed by atoms with Gasteiger partial charge in [0.1, 0.15) is 0 Å². The summed E-state index contributed by atoms with van der Waals surface area (Å²) in [7, 11) is 3.24. The molecule has 0 heterocycles. The van der Waals surface area contributed by atoms with Crippen molar-refractivity contribution in [2.45, 2.75) is 25.9 Å². The van der Waals surface area contributed by atoms with Crippen molar-refractivity contribution in [1.29, 1.82) is 0 Å². The number of ether oxygens (including phenoxy) is 2. The van der Waals surface area contributed by atoms with Crippen LogP contribution in [0, 0.1) is 0 Å². The maximum atomic E-state index is 9.89. The number of phenols is 1. The number of nitrogens with one attached hydrogen (secondary N) is 1. The highest BCUT2D eigenvalue weighted by molar-refractivity contribution is 5.45. The van der Waals surface area contributed by atoms with Gasteiger partial charge in [0, 0.05) is 31.9 Å². The second-order valence-corrected chi connectivity index (χ2v) is 4.03. The summed E-state index contributed by atoms with van der Waals surface area (Å²) in [6, 6.07) is 5.84. The SMILES string of the molecule is COCCC(C)NCc1cccc(OC)c1O. The van der Waals surface area contributed by atoms with E-state index in [-0.39, 0.29) is 5.75 Å². The van der Waals surface area contributed by atoms with Crippen molar-refractivity contribution in [3.63, 3.8) is 0 Å². The van der Waals surface area contributed by atoms with Crippen molar-refractivity contribution in [3.05, 3.63) is 23.8 Å². The van der Waals surface area contributed by atoms with Crippen LogP contribution in [0.15, 0.2) is 18.2 Å². The van der Waals surface area contributed by atoms with Gasteiger partial charge in [0.05, 0.1) is 7.11 Å². The number of hydrogen-bond donors (Lipinski definition) is 2. The zero-order valence-electron chi connectivity index (χ0n) is 10.7. The number of methoxy groups -OCH3 is 2. The van der Waals surface area contributed by atoms with Crippen LogP contribution < -0.4 is 10.1 Å². The molecule has 0 aliphatic carbocycles. The molecule has 4 heteroatoms. The van der Waals surface area contributed by atoms with Crippen LogP contribution >= 0.6 is 0 Å². The third kappa shape index (κ3) is 4.24. The summed E-state index contributed by atoms with van der Waals surface area (Å²) in [6.07, 6.45) is 0.946. The molecule has 17 heavy (non-hydrogen) atoms. The molecule has 1 rings (SSSR count). The first-order valence-electron chi connectivity index (χ1n) is 5.76. The molecule has 2 N–H and O–H groups in total. The summed E-state index contributed by atoms with van der Waals surface area (Å²) in [4.78, 5) is 0. The number of benzene rings is 1. The van der Waals surface area contributed by atoms with Crippen molar-refractivity contribution in [3.8, 4) is 11.5 Å². The van der Waals surface area contributed by atoms with E-state index in [1.807, 2.05) is 12.1 Å². The van der Waals surface area contributed by atoms with E-state index in [4.69, 9.17) is 9.47 Å². The molecule has 0 radical (unpaired) electrons.